The summed E-state index contributed by atoms with van der Waals surface area (Å²) >= 11 is 1.64. The van der Waals surface area contributed by atoms with Crippen LogP contribution in [0.1, 0.15) is 22.8 Å². The van der Waals surface area contributed by atoms with Crippen molar-refractivity contribution in [1.82, 2.24) is 24.9 Å². The van der Waals surface area contributed by atoms with Crippen LogP contribution >= 0.6 is 11.3 Å². The van der Waals surface area contributed by atoms with Crippen LogP contribution < -0.4 is 4.74 Å². The van der Waals surface area contributed by atoms with Gasteiger partial charge in [-0.05, 0) is 95.1 Å². The first-order valence-corrected chi connectivity index (χ1v) is 21.1. The van der Waals surface area contributed by atoms with Crippen molar-refractivity contribution in [3.05, 3.63) is 192 Å². The molecule has 290 valence electrons. The van der Waals surface area contributed by atoms with Crippen molar-refractivity contribution >= 4 is 57.7 Å². The first-order valence-electron chi connectivity index (χ1n) is 20.2. The highest BCUT2D eigenvalue weighted by molar-refractivity contribution is 7.13. The summed E-state index contributed by atoms with van der Waals surface area (Å²) in [6.45, 7) is 0. The number of H-pyrrole nitrogens is 2. The average molecular weight is 804 g/mol. The fourth-order valence-corrected chi connectivity index (χ4v) is 9.15. The third kappa shape index (κ3) is 6.77. The van der Waals surface area contributed by atoms with Gasteiger partial charge < -0.3 is 14.7 Å². The average Bonchev–Trinajstić information content (AvgIpc) is 4.19. The van der Waals surface area contributed by atoms with Gasteiger partial charge in [0.1, 0.15) is 10.8 Å². The van der Waals surface area contributed by atoms with Crippen molar-refractivity contribution in [2.75, 3.05) is 7.11 Å². The zero-order chi connectivity index (χ0) is 40.7. The van der Waals surface area contributed by atoms with Gasteiger partial charge in [0.15, 0.2) is 0 Å². The molecule has 0 unspecified atom stereocenters. The number of nitrogens with zero attached hydrogens (tertiary/aromatic N) is 3. The van der Waals surface area contributed by atoms with Gasteiger partial charge >= 0.3 is 0 Å². The van der Waals surface area contributed by atoms with Crippen molar-refractivity contribution in [3.63, 3.8) is 0 Å². The molecule has 61 heavy (non-hydrogen) atoms. The molecule has 0 amide bonds. The number of benzene rings is 5. The zero-order valence-corrected chi connectivity index (χ0v) is 33.9. The molecule has 4 aromatic heterocycles. The molecule has 5 aromatic carbocycles. The van der Waals surface area contributed by atoms with E-state index in [4.69, 9.17) is 19.7 Å². The van der Waals surface area contributed by atoms with Crippen molar-refractivity contribution < 1.29 is 4.74 Å². The van der Waals surface area contributed by atoms with E-state index in [2.05, 4.69) is 161 Å². The van der Waals surface area contributed by atoms with Gasteiger partial charge in [-0.3, -0.25) is 0 Å². The molecule has 6 nitrogen and oxygen atoms in total. The van der Waals surface area contributed by atoms with Crippen LogP contribution in [0.5, 0.6) is 5.75 Å². The minimum Gasteiger partial charge on any atom is -0.497 e. The molecule has 0 radical (unpaired) electrons. The molecule has 0 spiro atoms. The van der Waals surface area contributed by atoms with E-state index in [1.807, 2.05) is 42.5 Å². The van der Waals surface area contributed by atoms with E-state index in [1.165, 1.54) is 0 Å². The Morgan fingerprint density at radius 2 is 0.738 bits per heavy atom. The molecular weight excluding hydrogens is 767 g/mol. The highest BCUT2D eigenvalue weighted by Gasteiger charge is 2.19. The predicted octanol–water partition coefficient (Wildman–Crippen LogP) is 14.1. The van der Waals surface area contributed by atoms with Crippen molar-refractivity contribution in [2.24, 2.45) is 0 Å². The standard InChI is InChI=1S/C54H37N5OS/c1-60-40-23-21-34(22-24-40)49-33-61-54(59-49)39-19-17-38(18-20-39)53-47-31-29-45(57-47)51(36-13-7-3-8-14-36)43-27-25-41(55-43)50(35-11-5-2-6-12-35)42-26-28-44(56-42)52(37-15-9-4-10-16-37)46-30-32-48(53)58-46/h2-33,55,58H,1H3. The van der Waals surface area contributed by atoms with Gasteiger partial charge in [-0.25, -0.2) is 15.0 Å². The Morgan fingerprint density at radius 3 is 1.13 bits per heavy atom. The Hall–Kier alpha value is -7.87. The summed E-state index contributed by atoms with van der Waals surface area (Å²) in [5.74, 6) is 0.825. The summed E-state index contributed by atoms with van der Waals surface area (Å²) in [4.78, 5) is 23.6. The highest BCUT2D eigenvalue weighted by Crippen LogP contribution is 2.39. The largest absolute Gasteiger partial charge is 0.497 e. The first-order chi connectivity index (χ1) is 30.2. The van der Waals surface area contributed by atoms with Gasteiger partial charge in [-0.1, -0.05) is 115 Å². The summed E-state index contributed by atoms with van der Waals surface area (Å²) in [7, 11) is 1.68. The van der Waals surface area contributed by atoms with Crippen LogP contribution in [0.2, 0.25) is 0 Å². The fraction of sp³-hybridized carbons (Fsp3) is 0.0185. The summed E-state index contributed by atoms with van der Waals surface area (Å²) in [5, 5.41) is 3.07. The van der Waals surface area contributed by atoms with Gasteiger partial charge in [-0.15, -0.1) is 11.3 Å². The number of fused-ring (bicyclic) bond motifs is 8. The quantitative estimate of drug-likeness (QED) is 0.168. The minimum atomic E-state index is 0.825. The van der Waals surface area contributed by atoms with E-state index in [-0.39, 0.29) is 0 Å². The van der Waals surface area contributed by atoms with E-state index < -0.39 is 0 Å². The van der Waals surface area contributed by atoms with Gasteiger partial charge in [0.2, 0.25) is 0 Å². The lowest BCUT2D eigenvalue weighted by molar-refractivity contribution is 0.415. The summed E-state index contributed by atoms with van der Waals surface area (Å²) in [5.41, 5.74) is 18.8. The van der Waals surface area contributed by atoms with E-state index in [1.54, 1.807) is 18.4 Å². The smallest absolute Gasteiger partial charge is 0.124 e. The molecule has 2 aliphatic heterocycles. The van der Waals surface area contributed by atoms with Crippen LogP contribution in [-0.4, -0.2) is 32.0 Å². The third-order valence-electron chi connectivity index (χ3n) is 11.3. The monoisotopic (exact) mass is 803 g/mol. The number of hydrogen-bond donors (Lipinski definition) is 2. The molecule has 2 aliphatic rings. The number of aromatic amines is 2. The second-order valence-electron chi connectivity index (χ2n) is 14.9. The number of ether oxygens (including phenoxy) is 1. The van der Waals surface area contributed by atoms with Gasteiger partial charge in [0.25, 0.3) is 0 Å². The first kappa shape index (κ1) is 36.2. The van der Waals surface area contributed by atoms with E-state index in [0.717, 1.165) is 117 Å². The molecule has 0 fully saturated rings. The third-order valence-corrected chi connectivity index (χ3v) is 12.1. The lowest BCUT2D eigenvalue weighted by atomic mass is 10.0. The van der Waals surface area contributed by atoms with Gasteiger partial charge in [-0.2, -0.15) is 0 Å². The number of rotatable bonds is 7. The van der Waals surface area contributed by atoms with E-state index in [9.17, 15) is 0 Å². The summed E-state index contributed by atoms with van der Waals surface area (Å²) in [6, 6.07) is 56.9. The van der Waals surface area contributed by atoms with Crippen LogP contribution in [0.15, 0.2) is 169 Å². The fourth-order valence-electron chi connectivity index (χ4n) is 8.31. The molecule has 0 aliphatic carbocycles. The lowest BCUT2D eigenvalue weighted by Gasteiger charge is -2.07. The van der Waals surface area contributed by atoms with Gasteiger partial charge in [0.05, 0.1) is 35.6 Å². The molecule has 11 rings (SSSR count). The lowest BCUT2D eigenvalue weighted by Crippen LogP contribution is -1.89. The zero-order valence-electron chi connectivity index (χ0n) is 33.1. The Bertz CT molecular complexity index is 3270. The topological polar surface area (TPSA) is 79.5 Å². The van der Waals surface area contributed by atoms with Gasteiger partial charge in [0, 0.05) is 60.8 Å². The number of thiazole rings is 1. The maximum Gasteiger partial charge on any atom is 0.124 e. The van der Waals surface area contributed by atoms with Crippen LogP contribution in [0, 0.1) is 0 Å². The molecular formula is C54H37N5OS. The number of nitrogens with one attached hydrogen (secondary N) is 2. The van der Waals surface area contributed by atoms with Crippen LogP contribution in [0.3, 0.4) is 0 Å². The second kappa shape index (κ2) is 15.4. The van der Waals surface area contributed by atoms with Crippen LogP contribution in [-0.2, 0) is 0 Å². The molecule has 7 heteroatoms. The SMILES string of the molecule is COc1ccc(-c2csc(-c3ccc(-c4c5nc(c(-c6ccccc6)c6ccc([nH]6)c(-c6ccccc6)c6nc(c(-c7ccccc7)c7ccc4[nH]7)C=C6)C=C5)cc3)n2)cc1. The molecule has 0 atom stereocenters. The predicted molar refractivity (Wildman–Crippen MR) is 254 cm³/mol. The molecule has 9 aromatic rings. The van der Waals surface area contributed by atoms with Crippen LogP contribution in [0.25, 0.3) is 113 Å². The van der Waals surface area contributed by atoms with Crippen molar-refractivity contribution in [2.45, 2.75) is 0 Å². The number of aromatic nitrogens is 5. The summed E-state index contributed by atoms with van der Waals surface area (Å²) < 4.78 is 5.36. The highest BCUT2D eigenvalue weighted by atomic mass is 32.1. The minimum absolute atomic E-state index is 0.825. The van der Waals surface area contributed by atoms with E-state index in [0.29, 0.717) is 0 Å². The molecule has 0 saturated carbocycles. The normalized spacial score (nSPS) is 11.9. The van der Waals surface area contributed by atoms with Crippen molar-refractivity contribution in [3.8, 4) is 72.1 Å². The maximum atomic E-state index is 5.46. The van der Waals surface area contributed by atoms with Crippen molar-refractivity contribution in [1.29, 1.82) is 0 Å². The van der Waals surface area contributed by atoms with E-state index >= 15 is 0 Å². The maximum absolute atomic E-state index is 5.46. The Kier molecular flexibility index (Phi) is 9.13. The Morgan fingerprint density at radius 1 is 0.377 bits per heavy atom. The summed E-state index contributed by atoms with van der Waals surface area (Å²) in [6.07, 6.45) is 8.55. The van der Waals surface area contributed by atoms with Crippen LogP contribution in [0.4, 0.5) is 0 Å². The number of hydrogen-bond acceptors (Lipinski definition) is 5. The Labute approximate surface area is 356 Å². The second-order valence-corrected chi connectivity index (χ2v) is 15.8. The molecule has 2 N–H and O–H groups in total. The molecule has 8 bridgehead atoms. The Balaban J connectivity index is 1.17. The molecule has 0 saturated heterocycles. The molecule has 6 heterocycles. The number of methoxy groups -OCH3 is 1.